The molecule has 1 aliphatic carbocycles. The standard InChI is InChI=1S/C26H30O4/c1-14-9-10-16-17(11-14)21(27)20(24(30-8)22(16)28)15-12-18(25(2,3)4)23(29)19(13-15)26(5,6)7/h9-13,29H,1-8H3. The topological polar surface area (TPSA) is 63.6 Å². The zero-order valence-electron chi connectivity index (χ0n) is 19.1. The second-order valence-corrected chi connectivity index (χ2v) is 10.0. The minimum absolute atomic E-state index is 0.0433. The van der Waals surface area contributed by atoms with Crippen LogP contribution in [0.2, 0.25) is 0 Å². The second-order valence-electron chi connectivity index (χ2n) is 10.0. The smallest absolute Gasteiger partial charge is 0.229 e. The lowest BCUT2D eigenvalue weighted by Gasteiger charge is -2.29. The van der Waals surface area contributed by atoms with Crippen LogP contribution in [-0.2, 0) is 15.6 Å². The Labute approximate surface area is 178 Å². The molecule has 158 valence electrons. The van der Waals surface area contributed by atoms with Crippen molar-refractivity contribution in [2.45, 2.75) is 59.3 Å². The summed E-state index contributed by atoms with van der Waals surface area (Å²) in [4.78, 5) is 26.7. The normalized spacial score (nSPS) is 14.8. The fourth-order valence-corrected chi connectivity index (χ4v) is 3.90. The predicted octanol–water partition coefficient (Wildman–Crippen LogP) is 5.73. The number of hydrogen-bond acceptors (Lipinski definition) is 4. The van der Waals surface area contributed by atoms with Crippen LogP contribution in [-0.4, -0.2) is 23.8 Å². The number of allylic oxidation sites excluding steroid dienone is 2. The number of benzene rings is 2. The number of Topliss-reactive ketones (excluding diaryl/α,β-unsaturated/α-hetero) is 2. The summed E-state index contributed by atoms with van der Waals surface area (Å²) in [6.45, 7) is 14.0. The Morgan fingerprint density at radius 3 is 1.80 bits per heavy atom. The lowest BCUT2D eigenvalue weighted by atomic mass is 9.76. The van der Waals surface area contributed by atoms with Gasteiger partial charge in [0.15, 0.2) is 11.5 Å². The first-order valence-corrected chi connectivity index (χ1v) is 10.1. The van der Waals surface area contributed by atoms with Crippen LogP contribution < -0.4 is 0 Å². The Morgan fingerprint density at radius 2 is 1.33 bits per heavy atom. The van der Waals surface area contributed by atoms with Gasteiger partial charge in [-0.05, 0) is 47.6 Å². The van der Waals surface area contributed by atoms with Crippen molar-refractivity contribution in [2.24, 2.45) is 0 Å². The van der Waals surface area contributed by atoms with E-state index < -0.39 is 0 Å². The summed E-state index contributed by atoms with van der Waals surface area (Å²) in [6.07, 6.45) is 0. The van der Waals surface area contributed by atoms with E-state index in [2.05, 4.69) is 0 Å². The van der Waals surface area contributed by atoms with E-state index >= 15 is 0 Å². The Kier molecular flexibility index (Phi) is 5.18. The highest BCUT2D eigenvalue weighted by molar-refractivity contribution is 6.40. The molecule has 0 saturated carbocycles. The molecule has 0 aliphatic heterocycles. The molecule has 2 aromatic rings. The van der Waals surface area contributed by atoms with Gasteiger partial charge in [0.25, 0.3) is 0 Å². The van der Waals surface area contributed by atoms with Gasteiger partial charge in [0, 0.05) is 22.3 Å². The molecular formula is C26H30O4. The van der Waals surface area contributed by atoms with Crippen LogP contribution in [0.1, 0.15) is 84.5 Å². The number of aromatic hydroxyl groups is 1. The Balaban J connectivity index is 2.38. The molecule has 4 nitrogen and oxygen atoms in total. The van der Waals surface area contributed by atoms with Crippen molar-refractivity contribution >= 4 is 17.1 Å². The van der Waals surface area contributed by atoms with Crippen LogP contribution in [0.5, 0.6) is 5.75 Å². The third-order valence-electron chi connectivity index (χ3n) is 5.54. The number of carbonyl (C=O) groups excluding carboxylic acids is 2. The quantitative estimate of drug-likeness (QED) is 0.691. The van der Waals surface area contributed by atoms with Crippen molar-refractivity contribution in [3.63, 3.8) is 0 Å². The van der Waals surface area contributed by atoms with E-state index in [9.17, 15) is 14.7 Å². The molecule has 0 fully saturated rings. The van der Waals surface area contributed by atoms with E-state index in [0.29, 0.717) is 16.7 Å². The molecule has 3 rings (SSSR count). The number of rotatable bonds is 2. The number of ether oxygens (including phenoxy) is 1. The van der Waals surface area contributed by atoms with Gasteiger partial charge in [0.1, 0.15) is 5.75 Å². The third-order valence-corrected chi connectivity index (χ3v) is 5.54. The average Bonchev–Trinajstić information content (AvgIpc) is 2.62. The maximum atomic E-state index is 13.5. The average molecular weight is 407 g/mol. The van der Waals surface area contributed by atoms with Crippen LogP contribution in [0.15, 0.2) is 36.1 Å². The van der Waals surface area contributed by atoms with Crippen molar-refractivity contribution in [3.05, 3.63) is 69.5 Å². The Hall–Kier alpha value is -2.88. The minimum atomic E-state index is -0.357. The van der Waals surface area contributed by atoms with Gasteiger partial charge in [-0.1, -0.05) is 53.2 Å². The molecule has 2 aromatic carbocycles. The van der Waals surface area contributed by atoms with Crippen molar-refractivity contribution in [1.29, 1.82) is 0 Å². The summed E-state index contributed by atoms with van der Waals surface area (Å²) in [6, 6.07) is 8.87. The number of fused-ring (bicyclic) bond motifs is 1. The Bertz CT molecular complexity index is 1050. The molecule has 0 heterocycles. The zero-order valence-corrected chi connectivity index (χ0v) is 19.1. The van der Waals surface area contributed by atoms with Crippen molar-refractivity contribution < 1.29 is 19.4 Å². The van der Waals surface area contributed by atoms with Crippen LogP contribution >= 0.6 is 0 Å². The molecule has 0 radical (unpaired) electrons. The van der Waals surface area contributed by atoms with E-state index in [0.717, 1.165) is 16.7 Å². The number of phenols is 1. The van der Waals surface area contributed by atoms with E-state index in [-0.39, 0.29) is 39.5 Å². The molecule has 0 aromatic heterocycles. The van der Waals surface area contributed by atoms with Gasteiger partial charge >= 0.3 is 0 Å². The number of methoxy groups -OCH3 is 1. The molecule has 30 heavy (non-hydrogen) atoms. The van der Waals surface area contributed by atoms with Crippen molar-refractivity contribution in [1.82, 2.24) is 0 Å². The summed E-state index contributed by atoms with van der Waals surface area (Å²) < 4.78 is 5.46. The maximum Gasteiger partial charge on any atom is 0.229 e. The fraction of sp³-hybridized carbons (Fsp3) is 0.385. The number of aryl methyl sites for hydroxylation is 1. The lowest BCUT2D eigenvalue weighted by Crippen LogP contribution is -2.24. The molecule has 0 bridgehead atoms. The number of hydrogen-bond donors (Lipinski definition) is 1. The SMILES string of the molecule is COC1=C(c2cc(C(C)(C)C)c(O)c(C(C)(C)C)c2)C(=O)c2cc(C)ccc2C1=O. The van der Waals surface area contributed by atoms with Gasteiger partial charge < -0.3 is 9.84 Å². The summed E-state index contributed by atoms with van der Waals surface area (Å²) in [5.74, 6) is -0.272. The molecule has 0 spiro atoms. The summed E-state index contributed by atoms with van der Waals surface area (Å²) in [5, 5.41) is 11.0. The lowest BCUT2D eigenvalue weighted by molar-refractivity contribution is 0.0925. The molecular weight excluding hydrogens is 376 g/mol. The number of carbonyl (C=O) groups is 2. The third kappa shape index (κ3) is 3.55. The fourth-order valence-electron chi connectivity index (χ4n) is 3.90. The van der Waals surface area contributed by atoms with E-state index in [1.54, 1.807) is 12.1 Å². The summed E-state index contributed by atoms with van der Waals surface area (Å²) >= 11 is 0. The minimum Gasteiger partial charge on any atom is -0.507 e. The van der Waals surface area contributed by atoms with Gasteiger partial charge in [-0.15, -0.1) is 0 Å². The van der Waals surface area contributed by atoms with Crippen LogP contribution in [0, 0.1) is 6.92 Å². The van der Waals surface area contributed by atoms with E-state index in [1.807, 2.05) is 66.7 Å². The molecule has 1 N–H and O–H groups in total. The van der Waals surface area contributed by atoms with Crippen LogP contribution in [0.25, 0.3) is 5.57 Å². The molecule has 0 amide bonds. The monoisotopic (exact) mass is 406 g/mol. The van der Waals surface area contributed by atoms with Gasteiger partial charge in [0.2, 0.25) is 5.78 Å². The maximum absolute atomic E-state index is 13.5. The Morgan fingerprint density at radius 1 is 0.800 bits per heavy atom. The van der Waals surface area contributed by atoms with Crippen molar-refractivity contribution in [2.75, 3.05) is 7.11 Å². The predicted molar refractivity (Wildman–Crippen MR) is 119 cm³/mol. The zero-order chi connectivity index (χ0) is 22.6. The molecule has 0 saturated heterocycles. The van der Waals surface area contributed by atoms with Crippen LogP contribution in [0.4, 0.5) is 0 Å². The highest BCUT2D eigenvalue weighted by Gasteiger charge is 2.36. The van der Waals surface area contributed by atoms with Gasteiger partial charge in [-0.2, -0.15) is 0 Å². The first-order chi connectivity index (χ1) is 13.8. The highest BCUT2D eigenvalue weighted by Crippen LogP contribution is 2.43. The first-order valence-electron chi connectivity index (χ1n) is 10.1. The second kappa shape index (κ2) is 7.12. The summed E-state index contributed by atoms with van der Waals surface area (Å²) in [7, 11) is 1.41. The van der Waals surface area contributed by atoms with Gasteiger partial charge in [-0.25, -0.2) is 0 Å². The molecule has 4 heteroatoms. The number of ketones is 2. The van der Waals surface area contributed by atoms with Crippen molar-refractivity contribution in [3.8, 4) is 5.75 Å². The number of phenolic OH excluding ortho intramolecular Hbond substituents is 1. The van der Waals surface area contributed by atoms with Crippen LogP contribution in [0.3, 0.4) is 0 Å². The van der Waals surface area contributed by atoms with Gasteiger partial charge in [0.05, 0.1) is 12.7 Å². The highest BCUT2D eigenvalue weighted by atomic mass is 16.5. The van der Waals surface area contributed by atoms with E-state index in [1.165, 1.54) is 7.11 Å². The molecule has 0 atom stereocenters. The van der Waals surface area contributed by atoms with Gasteiger partial charge in [-0.3, -0.25) is 9.59 Å². The largest absolute Gasteiger partial charge is 0.507 e. The van der Waals surface area contributed by atoms with E-state index in [4.69, 9.17) is 4.74 Å². The summed E-state index contributed by atoms with van der Waals surface area (Å²) in [5.41, 5.74) is 3.23. The molecule has 1 aliphatic rings. The first kappa shape index (κ1) is 21.8. The molecule has 0 unspecified atom stereocenters.